The lowest BCUT2D eigenvalue weighted by Crippen LogP contribution is -2.15. The van der Waals surface area contributed by atoms with Crippen LogP contribution in [0.1, 0.15) is 16.1 Å². The molecule has 1 aromatic heterocycles. The normalized spacial score (nSPS) is 10.3. The van der Waals surface area contributed by atoms with E-state index < -0.39 is 11.7 Å². The maximum Gasteiger partial charge on any atom is 0.276 e. The Balaban J connectivity index is 1.59. The summed E-state index contributed by atoms with van der Waals surface area (Å²) in [6.07, 6.45) is 0. The molecule has 0 fully saturated rings. The van der Waals surface area contributed by atoms with E-state index in [1.807, 2.05) is 0 Å². The van der Waals surface area contributed by atoms with E-state index in [9.17, 15) is 13.6 Å². The monoisotopic (exact) mass is 340 g/mol. The Morgan fingerprint density at radius 2 is 1.72 bits per heavy atom. The van der Waals surface area contributed by atoms with Gasteiger partial charge in [-0.15, -0.1) is 10.2 Å². The fraction of sp³-hybridized carbons (Fsp3) is 0.0556. The van der Waals surface area contributed by atoms with Gasteiger partial charge in [-0.25, -0.2) is 8.78 Å². The molecule has 126 valence electrons. The highest BCUT2D eigenvalue weighted by atomic mass is 19.1. The number of nitrogens with zero attached hydrogens (tertiary/aromatic N) is 2. The van der Waals surface area contributed by atoms with Gasteiger partial charge in [0.1, 0.15) is 17.5 Å². The van der Waals surface area contributed by atoms with Gasteiger partial charge in [-0.3, -0.25) is 4.79 Å². The number of nitrogens with one attached hydrogen (secondary N) is 2. The van der Waals surface area contributed by atoms with Gasteiger partial charge < -0.3 is 10.6 Å². The fourth-order valence-electron chi connectivity index (χ4n) is 2.10. The lowest BCUT2D eigenvalue weighted by atomic mass is 10.2. The van der Waals surface area contributed by atoms with Crippen LogP contribution in [-0.2, 0) is 6.54 Å². The minimum absolute atomic E-state index is 0.108. The van der Waals surface area contributed by atoms with Crippen molar-refractivity contribution < 1.29 is 13.6 Å². The predicted octanol–water partition coefficient (Wildman–Crippen LogP) is 3.62. The third kappa shape index (κ3) is 4.57. The summed E-state index contributed by atoms with van der Waals surface area (Å²) in [5.74, 6) is -0.740. The molecule has 0 bridgehead atoms. The third-order valence-corrected chi connectivity index (χ3v) is 3.37. The molecule has 0 saturated carbocycles. The number of amides is 1. The van der Waals surface area contributed by atoms with Gasteiger partial charge in [0, 0.05) is 12.2 Å². The highest BCUT2D eigenvalue weighted by Crippen LogP contribution is 2.11. The van der Waals surface area contributed by atoms with Crippen molar-refractivity contribution in [1.82, 2.24) is 10.2 Å². The van der Waals surface area contributed by atoms with E-state index in [1.54, 1.807) is 24.3 Å². The smallest absolute Gasteiger partial charge is 0.276 e. The molecule has 0 atom stereocenters. The van der Waals surface area contributed by atoms with Crippen molar-refractivity contribution in [2.24, 2.45) is 0 Å². The number of anilines is 2. The summed E-state index contributed by atoms with van der Waals surface area (Å²) in [6, 6.07) is 14.8. The second-order valence-electron chi connectivity index (χ2n) is 5.25. The number of hydrogen-bond donors (Lipinski definition) is 2. The van der Waals surface area contributed by atoms with Crippen molar-refractivity contribution >= 4 is 17.4 Å². The molecule has 1 heterocycles. The van der Waals surface area contributed by atoms with Crippen LogP contribution < -0.4 is 10.6 Å². The van der Waals surface area contributed by atoms with Gasteiger partial charge in [-0.05, 0) is 48.0 Å². The number of rotatable bonds is 5. The number of benzene rings is 2. The zero-order chi connectivity index (χ0) is 17.6. The van der Waals surface area contributed by atoms with E-state index in [1.165, 1.54) is 36.4 Å². The summed E-state index contributed by atoms with van der Waals surface area (Å²) in [7, 11) is 0. The van der Waals surface area contributed by atoms with E-state index in [2.05, 4.69) is 20.8 Å². The molecule has 0 aliphatic carbocycles. The highest BCUT2D eigenvalue weighted by Gasteiger charge is 2.09. The molecule has 0 saturated heterocycles. The zero-order valence-corrected chi connectivity index (χ0v) is 13.0. The Hall–Kier alpha value is -3.35. The SMILES string of the molecule is O=C(Nc1cccc(F)c1)c1ccc(NCc2ccc(F)cc2)nn1. The zero-order valence-electron chi connectivity index (χ0n) is 13.0. The van der Waals surface area contributed by atoms with E-state index in [0.29, 0.717) is 18.1 Å². The third-order valence-electron chi connectivity index (χ3n) is 3.37. The summed E-state index contributed by atoms with van der Waals surface area (Å²) < 4.78 is 26.0. The van der Waals surface area contributed by atoms with E-state index in [-0.39, 0.29) is 11.5 Å². The Bertz CT molecular complexity index is 867. The molecule has 2 N–H and O–H groups in total. The molecule has 0 radical (unpaired) electrons. The number of hydrogen-bond acceptors (Lipinski definition) is 4. The Labute approximate surface area is 142 Å². The van der Waals surface area contributed by atoms with Crippen LogP contribution in [0.25, 0.3) is 0 Å². The molecule has 3 aromatic rings. The summed E-state index contributed by atoms with van der Waals surface area (Å²) >= 11 is 0. The lowest BCUT2D eigenvalue weighted by molar-refractivity contribution is 0.102. The molecular formula is C18H14F2N4O. The molecule has 0 spiro atoms. The molecule has 0 aliphatic rings. The van der Waals surface area contributed by atoms with Gasteiger partial charge in [0.15, 0.2) is 5.69 Å². The standard InChI is InChI=1S/C18H14F2N4O/c19-13-6-4-12(5-7-13)11-21-17-9-8-16(23-24-17)18(25)22-15-3-1-2-14(20)10-15/h1-10H,11H2,(H,21,24)(H,22,25). The van der Waals surface area contributed by atoms with Gasteiger partial charge in [-0.2, -0.15) is 0 Å². The predicted molar refractivity (Wildman–Crippen MR) is 90.1 cm³/mol. The number of aromatic nitrogens is 2. The van der Waals surface area contributed by atoms with E-state index >= 15 is 0 Å². The van der Waals surface area contributed by atoms with E-state index in [0.717, 1.165) is 5.56 Å². The molecule has 2 aromatic carbocycles. The van der Waals surface area contributed by atoms with Gasteiger partial charge in [0.2, 0.25) is 0 Å². The minimum Gasteiger partial charge on any atom is -0.365 e. The van der Waals surface area contributed by atoms with Crippen LogP contribution in [0, 0.1) is 11.6 Å². The Morgan fingerprint density at radius 1 is 0.920 bits per heavy atom. The van der Waals surface area contributed by atoms with Crippen LogP contribution in [0.2, 0.25) is 0 Å². The van der Waals surface area contributed by atoms with Gasteiger partial charge in [0.25, 0.3) is 5.91 Å². The lowest BCUT2D eigenvalue weighted by Gasteiger charge is -2.07. The van der Waals surface area contributed by atoms with Crippen molar-refractivity contribution in [3.8, 4) is 0 Å². The first kappa shape index (κ1) is 16.5. The van der Waals surface area contributed by atoms with Gasteiger partial charge in [-0.1, -0.05) is 18.2 Å². The molecule has 7 heteroatoms. The summed E-state index contributed by atoms with van der Waals surface area (Å²) in [4.78, 5) is 12.1. The van der Waals surface area contributed by atoms with Crippen molar-refractivity contribution in [3.63, 3.8) is 0 Å². The second-order valence-corrected chi connectivity index (χ2v) is 5.25. The Kier molecular flexibility index (Phi) is 4.94. The number of carbonyl (C=O) groups excluding carboxylic acids is 1. The maximum absolute atomic E-state index is 13.1. The molecule has 0 aliphatic heterocycles. The number of halogens is 2. The highest BCUT2D eigenvalue weighted by molar-refractivity contribution is 6.02. The second kappa shape index (κ2) is 7.48. The first-order valence-electron chi connectivity index (χ1n) is 7.49. The van der Waals surface area contributed by atoms with Crippen molar-refractivity contribution in [1.29, 1.82) is 0 Å². The fourth-order valence-corrected chi connectivity index (χ4v) is 2.10. The first-order chi connectivity index (χ1) is 12.1. The van der Waals surface area contributed by atoms with Crippen molar-refractivity contribution in [2.45, 2.75) is 6.54 Å². The molecule has 5 nitrogen and oxygen atoms in total. The molecule has 0 unspecified atom stereocenters. The molecule has 3 rings (SSSR count). The summed E-state index contributed by atoms with van der Waals surface area (Å²) in [5, 5.41) is 13.3. The largest absolute Gasteiger partial charge is 0.365 e. The average molecular weight is 340 g/mol. The maximum atomic E-state index is 13.1. The van der Waals surface area contributed by atoms with Crippen LogP contribution in [-0.4, -0.2) is 16.1 Å². The first-order valence-corrected chi connectivity index (χ1v) is 7.49. The van der Waals surface area contributed by atoms with Crippen LogP contribution >= 0.6 is 0 Å². The van der Waals surface area contributed by atoms with Crippen LogP contribution in [0.3, 0.4) is 0 Å². The molecule has 1 amide bonds. The topological polar surface area (TPSA) is 66.9 Å². The van der Waals surface area contributed by atoms with Crippen molar-refractivity contribution in [3.05, 3.63) is 83.6 Å². The van der Waals surface area contributed by atoms with E-state index in [4.69, 9.17) is 0 Å². The molecule has 25 heavy (non-hydrogen) atoms. The van der Waals surface area contributed by atoms with Crippen LogP contribution in [0.15, 0.2) is 60.7 Å². The Morgan fingerprint density at radius 3 is 2.40 bits per heavy atom. The number of carbonyl (C=O) groups is 1. The van der Waals surface area contributed by atoms with Crippen LogP contribution in [0.4, 0.5) is 20.3 Å². The van der Waals surface area contributed by atoms with Gasteiger partial charge >= 0.3 is 0 Å². The van der Waals surface area contributed by atoms with Gasteiger partial charge in [0.05, 0.1) is 0 Å². The summed E-state index contributed by atoms with van der Waals surface area (Å²) in [5.41, 5.74) is 1.33. The summed E-state index contributed by atoms with van der Waals surface area (Å²) in [6.45, 7) is 0.448. The minimum atomic E-state index is -0.483. The van der Waals surface area contributed by atoms with Crippen LogP contribution in [0.5, 0.6) is 0 Å². The quantitative estimate of drug-likeness (QED) is 0.744. The van der Waals surface area contributed by atoms with Crippen molar-refractivity contribution in [2.75, 3.05) is 10.6 Å². The average Bonchev–Trinajstić information content (AvgIpc) is 2.62. The molecular weight excluding hydrogens is 326 g/mol.